The van der Waals surface area contributed by atoms with E-state index in [1.807, 2.05) is 32.0 Å². The van der Waals surface area contributed by atoms with E-state index < -0.39 is 0 Å². The number of aromatic amines is 1. The topological polar surface area (TPSA) is 70.5 Å². The number of hydrogen-bond acceptors (Lipinski definition) is 3. The van der Waals surface area contributed by atoms with E-state index in [1.54, 1.807) is 44.2 Å². The number of rotatable bonds is 3. The molecule has 1 amide bonds. The molecule has 0 bridgehead atoms. The number of amides is 1. The molecule has 0 saturated carbocycles. The molecule has 0 fully saturated rings. The predicted octanol–water partition coefficient (Wildman–Crippen LogP) is 4.55. The minimum atomic E-state index is -0.256. The monoisotopic (exact) mass is 420 g/mol. The molecule has 2 aromatic carbocycles. The fraction of sp³-hybridized carbons (Fsp3) is 0.174. The van der Waals surface area contributed by atoms with E-state index in [-0.39, 0.29) is 11.5 Å². The van der Waals surface area contributed by atoms with E-state index in [0.29, 0.717) is 38.9 Å². The summed E-state index contributed by atoms with van der Waals surface area (Å²) in [7, 11) is 0. The summed E-state index contributed by atoms with van der Waals surface area (Å²) in [6.45, 7) is 7.58. The highest BCUT2D eigenvalue weighted by atomic mass is 35.5. The van der Waals surface area contributed by atoms with Gasteiger partial charge in [0.2, 0.25) is 0 Å². The lowest BCUT2D eigenvalue weighted by molar-refractivity contribution is -0.114. The molecule has 2 heterocycles. The second-order valence-corrected chi connectivity index (χ2v) is 7.83. The van der Waals surface area contributed by atoms with Crippen LogP contribution >= 0.6 is 11.6 Å². The van der Waals surface area contributed by atoms with E-state index in [1.165, 1.54) is 9.69 Å². The SMILES string of the molecule is CC1=NN(c2ccc(C)c(C)c2)C(=O)C1=Cc1c(C)[nH]n(-c2ccc(Cl)cc2)c1=O. The summed E-state index contributed by atoms with van der Waals surface area (Å²) in [6, 6.07) is 12.7. The Bertz CT molecular complexity index is 1280. The van der Waals surface area contributed by atoms with Gasteiger partial charge in [0.05, 0.1) is 28.2 Å². The molecule has 152 valence electrons. The van der Waals surface area contributed by atoms with E-state index >= 15 is 0 Å². The molecule has 1 aromatic heterocycles. The number of aromatic nitrogens is 2. The van der Waals surface area contributed by atoms with Crippen molar-refractivity contribution in [3.63, 3.8) is 0 Å². The normalized spacial score (nSPS) is 15.2. The zero-order valence-electron chi connectivity index (χ0n) is 17.2. The van der Waals surface area contributed by atoms with Crippen molar-refractivity contribution >= 4 is 35.0 Å². The highest BCUT2D eigenvalue weighted by Crippen LogP contribution is 2.26. The van der Waals surface area contributed by atoms with Crippen LogP contribution in [0.15, 0.2) is 57.9 Å². The van der Waals surface area contributed by atoms with E-state index in [4.69, 9.17) is 11.6 Å². The van der Waals surface area contributed by atoms with Gasteiger partial charge in [0.15, 0.2) is 0 Å². The minimum Gasteiger partial charge on any atom is -0.295 e. The van der Waals surface area contributed by atoms with Crippen LogP contribution in [0.3, 0.4) is 0 Å². The zero-order valence-corrected chi connectivity index (χ0v) is 17.9. The first-order chi connectivity index (χ1) is 14.3. The van der Waals surface area contributed by atoms with Gasteiger partial charge in [-0.25, -0.2) is 4.68 Å². The van der Waals surface area contributed by atoms with Gasteiger partial charge in [-0.3, -0.25) is 14.7 Å². The molecule has 6 nitrogen and oxygen atoms in total. The van der Waals surface area contributed by atoms with Crippen LogP contribution < -0.4 is 10.6 Å². The maximum absolute atomic E-state index is 13.1. The Kier molecular flexibility index (Phi) is 4.95. The van der Waals surface area contributed by atoms with Crippen molar-refractivity contribution in [3.05, 3.63) is 85.8 Å². The smallest absolute Gasteiger partial charge is 0.280 e. The van der Waals surface area contributed by atoms with Crippen LogP contribution in [0.4, 0.5) is 5.69 Å². The number of anilines is 1. The average Bonchev–Trinajstić information content (AvgIpc) is 3.15. The standard InChI is InChI=1S/C23H21ClN4O2/c1-13-5-8-19(11-14(13)2)28-23(30)21(16(4)26-28)12-20-15(3)25-27(22(20)29)18-9-6-17(24)7-10-18/h5-12,25H,1-4H3. The summed E-state index contributed by atoms with van der Waals surface area (Å²) in [5, 5.41) is 9.45. The molecule has 30 heavy (non-hydrogen) atoms. The lowest BCUT2D eigenvalue weighted by atomic mass is 10.1. The van der Waals surface area contributed by atoms with Crippen molar-refractivity contribution in [2.24, 2.45) is 5.10 Å². The van der Waals surface area contributed by atoms with Crippen molar-refractivity contribution in [1.29, 1.82) is 0 Å². The lowest BCUT2D eigenvalue weighted by Gasteiger charge is -2.13. The fourth-order valence-electron chi connectivity index (χ4n) is 3.36. The van der Waals surface area contributed by atoms with Crippen molar-refractivity contribution in [3.8, 4) is 5.69 Å². The summed E-state index contributed by atoms with van der Waals surface area (Å²) < 4.78 is 1.44. The Balaban J connectivity index is 1.73. The molecule has 7 heteroatoms. The van der Waals surface area contributed by atoms with Crippen molar-refractivity contribution in [2.75, 3.05) is 5.01 Å². The van der Waals surface area contributed by atoms with Crippen LogP contribution in [0.2, 0.25) is 5.02 Å². The average molecular weight is 421 g/mol. The third-order valence-corrected chi connectivity index (χ3v) is 5.54. The highest BCUT2D eigenvalue weighted by Gasteiger charge is 2.29. The van der Waals surface area contributed by atoms with Gasteiger partial charge in [-0.1, -0.05) is 17.7 Å². The van der Waals surface area contributed by atoms with Gasteiger partial charge in [0, 0.05) is 10.7 Å². The molecule has 1 aliphatic rings. The lowest BCUT2D eigenvalue weighted by Crippen LogP contribution is -2.22. The summed E-state index contributed by atoms with van der Waals surface area (Å²) >= 11 is 5.94. The number of aryl methyl sites for hydroxylation is 3. The Morgan fingerprint density at radius 3 is 2.27 bits per heavy atom. The summed E-state index contributed by atoms with van der Waals surface area (Å²) in [5.74, 6) is -0.256. The molecular weight excluding hydrogens is 400 g/mol. The van der Waals surface area contributed by atoms with E-state index in [0.717, 1.165) is 11.1 Å². The zero-order chi connectivity index (χ0) is 21.6. The number of H-pyrrole nitrogens is 1. The van der Waals surface area contributed by atoms with Gasteiger partial charge in [-0.15, -0.1) is 0 Å². The van der Waals surface area contributed by atoms with Gasteiger partial charge in [-0.2, -0.15) is 10.1 Å². The Morgan fingerprint density at radius 2 is 1.60 bits per heavy atom. The van der Waals surface area contributed by atoms with Gasteiger partial charge >= 0.3 is 0 Å². The van der Waals surface area contributed by atoms with Crippen LogP contribution in [0.5, 0.6) is 0 Å². The van der Waals surface area contributed by atoms with E-state index in [9.17, 15) is 9.59 Å². The highest BCUT2D eigenvalue weighted by molar-refractivity contribution is 6.32. The molecule has 0 radical (unpaired) electrons. The van der Waals surface area contributed by atoms with Crippen LogP contribution in [0, 0.1) is 20.8 Å². The van der Waals surface area contributed by atoms with Gasteiger partial charge in [-0.05, 0) is 81.3 Å². The fourth-order valence-corrected chi connectivity index (χ4v) is 3.49. The Labute approximate surface area is 179 Å². The molecular formula is C23H21ClN4O2. The molecule has 1 aliphatic heterocycles. The maximum Gasteiger partial charge on any atom is 0.280 e. The third-order valence-electron chi connectivity index (χ3n) is 5.29. The molecule has 3 aromatic rings. The first kappa shape index (κ1) is 19.9. The van der Waals surface area contributed by atoms with Crippen molar-refractivity contribution < 1.29 is 4.79 Å². The quantitative estimate of drug-likeness (QED) is 0.631. The third kappa shape index (κ3) is 3.39. The molecule has 0 saturated heterocycles. The van der Waals surface area contributed by atoms with E-state index in [2.05, 4.69) is 10.2 Å². The largest absolute Gasteiger partial charge is 0.295 e. The second kappa shape index (κ2) is 7.46. The summed E-state index contributed by atoms with van der Waals surface area (Å²) in [6.07, 6.45) is 1.61. The Morgan fingerprint density at radius 1 is 0.933 bits per heavy atom. The van der Waals surface area contributed by atoms with Crippen molar-refractivity contribution in [2.45, 2.75) is 27.7 Å². The minimum absolute atomic E-state index is 0.243. The van der Waals surface area contributed by atoms with Gasteiger partial charge in [0.1, 0.15) is 0 Å². The number of hydrogen-bond donors (Lipinski definition) is 1. The van der Waals surface area contributed by atoms with Gasteiger partial charge in [0.25, 0.3) is 11.5 Å². The molecule has 0 aliphatic carbocycles. The molecule has 1 N–H and O–H groups in total. The number of halogens is 1. The molecule has 0 unspecified atom stereocenters. The number of carbonyl (C=O) groups is 1. The Hall–Kier alpha value is -3.38. The number of benzene rings is 2. The summed E-state index contributed by atoms with van der Waals surface area (Å²) in [5.41, 5.74) is 5.40. The van der Waals surface area contributed by atoms with Gasteiger partial charge < -0.3 is 0 Å². The number of carbonyl (C=O) groups excluding carboxylic acids is 1. The number of nitrogens with one attached hydrogen (secondary N) is 1. The number of hydrazone groups is 1. The molecule has 0 spiro atoms. The van der Waals surface area contributed by atoms with Crippen LogP contribution in [0.25, 0.3) is 11.8 Å². The predicted molar refractivity (Wildman–Crippen MR) is 121 cm³/mol. The van der Waals surface area contributed by atoms with Crippen LogP contribution in [0.1, 0.15) is 29.3 Å². The van der Waals surface area contributed by atoms with Crippen molar-refractivity contribution in [1.82, 2.24) is 9.78 Å². The first-order valence-corrected chi connectivity index (χ1v) is 9.90. The molecule has 0 atom stereocenters. The first-order valence-electron chi connectivity index (χ1n) is 9.53. The van der Waals surface area contributed by atoms with Crippen LogP contribution in [-0.2, 0) is 4.79 Å². The molecule has 4 rings (SSSR count). The summed E-state index contributed by atoms with van der Waals surface area (Å²) in [4.78, 5) is 26.1. The van der Waals surface area contributed by atoms with Crippen LogP contribution in [-0.4, -0.2) is 21.4 Å². The maximum atomic E-state index is 13.1. The number of nitrogens with zero attached hydrogens (tertiary/aromatic N) is 3. The second-order valence-electron chi connectivity index (χ2n) is 7.40.